The number of hydrogen-bond acceptors (Lipinski definition) is 2. The standard InChI is InChI=1S/C13H13O3P/c1-16-17(14,15)13-9-7-12(8-10-13)11-5-3-2-4-6-11/h2-10H,1H3,(H,14,15). The van der Waals surface area contributed by atoms with Gasteiger partial charge < -0.3 is 9.42 Å². The summed E-state index contributed by atoms with van der Waals surface area (Å²) in [5, 5.41) is 0.305. The number of benzene rings is 2. The van der Waals surface area contributed by atoms with Crippen molar-refractivity contribution in [3.63, 3.8) is 0 Å². The van der Waals surface area contributed by atoms with Crippen molar-refractivity contribution in [2.75, 3.05) is 7.11 Å². The number of rotatable bonds is 3. The Balaban J connectivity index is 2.34. The summed E-state index contributed by atoms with van der Waals surface area (Å²) in [5.74, 6) is 0. The van der Waals surface area contributed by atoms with Crippen molar-refractivity contribution < 1.29 is 14.0 Å². The van der Waals surface area contributed by atoms with Crippen molar-refractivity contribution in [2.45, 2.75) is 0 Å². The summed E-state index contributed by atoms with van der Waals surface area (Å²) in [4.78, 5) is 9.49. The second-order valence-corrected chi connectivity index (χ2v) is 5.54. The summed E-state index contributed by atoms with van der Waals surface area (Å²) in [6.45, 7) is 0. The predicted octanol–water partition coefficient (Wildman–Crippen LogP) is 2.81. The second-order valence-electron chi connectivity index (χ2n) is 3.62. The summed E-state index contributed by atoms with van der Waals surface area (Å²) in [5.41, 5.74) is 2.08. The van der Waals surface area contributed by atoms with Gasteiger partial charge in [-0.25, -0.2) is 0 Å². The topological polar surface area (TPSA) is 46.5 Å². The molecule has 2 rings (SSSR count). The van der Waals surface area contributed by atoms with Crippen molar-refractivity contribution in [2.24, 2.45) is 0 Å². The zero-order chi connectivity index (χ0) is 12.3. The Morgan fingerprint density at radius 1 is 0.941 bits per heavy atom. The van der Waals surface area contributed by atoms with Crippen LogP contribution < -0.4 is 5.30 Å². The van der Waals surface area contributed by atoms with Crippen LogP contribution in [0.2, 0.25) is 0 Å². The SMILES string of the molecule is COP(=O)(O)c1ccc(-c2ccccc2)cc1. The first-order valence-corrected chi connectivity index (χ1v) is 6.76. The maximum absolute atomic E-state index is 11.6. The zero-order valence-corrected chi connectivity index (χ0v) is 10.3. The minimum atomic E-state index is -3.64. The first kappa shape index (κ1) is 12.1. The smallest absolute Gasteiger partial charge is 0.321 e. The molecule has 0 radical (unpaired) electrons. The van der Waals surface area contributed by atoms with E-state index < -0.39 is 7.60 Å². The Morgan fingerprint density at radius 2 is 1.47 bits per heavy atom. The highest BCUT2D eigenvalue weighted by Gasteiger charge is 2.19. The Morgan fingerprint density at radius 3 is 2.00 bits per heavy atom. The van der Waals surface area contributed by atoms with Gasteiger partial charge in [-0.1, -0.05) is 42.5 Å². The molecule has 0 fully saturated rings. The lowest BCUT2D eigenvalue weighted by atomic mass is 10.1. The van der Waals surface area contributed by atoms with Gasteiger partial charge in [-0.3, -0.25) is 4.57 Å². The molecular formula is C13H13O3P. The molecule has 0 aliphatic rings. The van der Waals surface area contributed by atoms with Crippen molar-refractivity contribution >= 4 is 12.9 Å². The average molecular weight is 248 g/mol. The van der Waals surface area contributed by atoms with E-state index in [2.05, 4.69) is 4.52 Å². The van der Waals surface area contributed by atoms with Gasteiger partial charge in [-0.05, 0) is 23.3 Å². The fraction of sp³-hybridized carbons (Fsp3) is 0.0769. The maximum atomic E-state index is 11.6. The van der Waals surface area contributed by atoms with Gasteiger partial charge in [0.2, 0.25) is 0 Å². The predicted molar refractivity (Wildman–Crippen MR) is 68.3 cm³/mol. The highest BCUT2D eigenvalue weighted by atomic mass is 31.2. The van der Waals surface area contributed by atoms with Crippen LogP contribution in [0.5, 0.6) is 0 Å². The Kier molecular flexibility index (Phi) is 3.43. The molecule has 0 aliphatic heterocycles. The van der Waals surface area contributed by atoms with Gasteiger partial charge in [-0.2, -0.15) is 0 Å². The Labute approximate surface area is 100 Å². The van der Waals surface area contributed by atoms with Gasteiger partial charge in [0.15, 0.2) is 0 Å². The second kappa shape index (κ2) is 4.84. The first-order chi connectivity index (χ1) is 8.13. The van der Waals surface area contributed by atoms with E-state index in [4.69, 9.17) is 0 Å². The fourth-order valence-corrected chi connectivity index (χ4v) is 2.31. The summed E-state index contributed by atoms with van der Waals surface area (Å²) in [6, 6.07) is 16.7. The van der Waals surface area contributed by atoms with E-state index in [0.29, 0.717) is 5.30 Å². The number of hydrogen-bond donors (Lipinski definition) is 1. The van der Waals surface area contributed by atoms with E-state index in [-0.39, 0.29) is 0 Å². The van der Waals surface area contributed by atoms with Gasteiger partial charge in [0, 0.05) is 7.11 Å². The molecule has 0 amide bonds. The van der Waals surface area contributed by atoms with E-state index in [9.17, 15) is 9.46 Å². The van der Waals surface area contributed by atoms with Crippen molar-refractivity contribution in [1.82, 2.24) is 0 Å². The van der Waals surface area contributed by atoms with Crippen LogP contribution in [0.1, 0.15) is 0 Å². The first-order valence-electron chi connectivity index (χ1n) is 5.18. The molecule has 0 saturated carbocycles. The third-order valence-electron chi connectivity index (χ3n) is 2.55. The molecule has 0 aliphatic carbocycles. The third kappa shape index (κ3) is 2.64. The summed E-state index contributed by atoms with van der Waals surface area (Å²) < 4.78 is 16.1. The summed E-state index contributed by atoms with van der Waals surface area (Å²) >= 11 is 0. The minimum Gasteiger partial charge on any atom is -0.321 e. The van der Waals surface area contributed by atoms with Gasteiger partial charge in [0.05, 0.1) is 5.30 Å². The molecular weight excluding hydrogens is 235 g/mol. The van der Waals surface area contributed by atoms with Gasteiger partial charge >= 0.3 is 7.60 Å². The Bertz CT molecular complexity index is 534. The molecule has 0 heterocycles. The van der Waals surface area contributed by atoms with E-state index in [1.807, 2.05) is 42.5 Å². The van der Waals surface area contributed by atoms with Crippen molar-refractivity contribution in [1.29, 1.82) is 0 Å². The maximum Gasteiger partial charge on any atom is 0.358 e. The van der Waals surface area contributed by atoms with E-state index >= 15 is 0 Å². The molecule has 0 saturated heterocycles. The summed E-state index contributed by atoms with van der Waals surface area (Å²) in [7, 11) is -2.41. The fourth-order valence-electron chi connectivity index (χ4n) is 1.58. The molecule has 1 N–H and O–H groups in total. The summed E-state index contributed by atoms with van der Waals surface area (Å²) in [6.07, 6.45) is 0. The Hall–Kier alpha value is -1.41. The third-order valence-corrected chi connectivity index (χ3v) is 3.99. The molecule has 0 aromatic heterocycles. The van der Waals surface area contributed by atoms with Crippen LogP contribution in [0.25, 0.3) is 11.1 Å². The van der Waals surface area contributed by atoms with Crippen LogP contribution in [0, 0.1) is 0 Å². The molecule has 4 heteroatoms. The molecule has 2 aromatic rings. The van der Waals surface area contributed by atoms with Crippen LogP contribution in [0.15, 0.2) is 54.6 Å². The highest BCUT2D eigenvalue weighted by molar-refractivity contribution is 7.61. The van der Waals surface area contributed by atoms with E-state index in [1.165, 1.54) is 7.11 Å². The molecule has 17 heavy (non-hydrogen) atoms. The van der Waals surface area contributed by atoms with Gasteiger partial charge in [0.25, 0.3) is 0 Å². The quantitative estimate of drug-likeness (QED) is 0.849. The van der Waals surface area contributed by atoms with Crippen LogP contribution in [-0.4, -0.2) is 12.0 Å². The van der Waals surface area contributed by atoms with Crippen LogP contribution in [0.4, 0.5) is 0 Å². The highest BCUT2D eigenvalue weighted by Crippen LogP contribution is 2.39. The van der Waals surface area contributed by atoms with Gasteiger partial charge in [-0.15, -0.1) is 0 Å². The zero-order valence-electron chi connectivity index (χ0n) is 9.41. The van der Waals surface area contributed by atoms with Crippen LogP contribution in [0.3, 0.4) is 0 Å². The van der Waals surface area contributed by atoms with Crippen LogP contribution >= 0.6 is 7.60 Å². The van der Waals surface area contributed by atoms with Crippen molar-refractivity contribution in [3.8, 4) is 11.1 Å². The van der Waals surface area contributed by atoms with E-state index in [1.54, 1.807) is 12.1 Å². The molecule has 0 bridgehead atoms. The largest absolute Gasteiger partial charge is 0.358 e. The normalized spacial score (nSPS) is 14.2. The molecule has 88 valence electrons. The monoisotopic (exact) mass is 248 g/mol. The average Bonchev–Trinajstić information content (AvgIpc) is 2.40. The molecule has 2 aromatic carbocycles. The molecule has 3 nitrogen and oxygen atoms in total. The van der Waals surface area contributed by atoms with Gasteiger partial charge in [0.1, 0.15) is 0 Å². The lowest BCUT2D eigenvalue weighted by molar-refractivity contribution is 0.328. The molecule has 0 spiro atoms. The van der Waals surface area contributed by atoms with E-state index in [0.717, 1.165) is 11.1 Å². The van der Waals surface area contributed by atoms with Crippen molar-refractivity contribution in [3.05, 3.63) is 54.6 Å². The molecule has 1 atom stereocenters. The molecule has 1 unspecified atom stereocenters. The lowest BCUT2D eigenvalue weighted by Gasteiger charge is -2.09. The minimum absolute atomic E-state index is 0.305. The lowest BCUT2D eigenvalue weighted by Crippen LogP contribution is -2.04. The van der Waals surface area contributed by atoms with Crippen LogP contribution in [-0.2, 0) is 9.09 Å².